The second-order valence-electron chi connectivity index (χ2n) is 5.03. The molecule has 1 aliphatic rings. The van der Waals surface area contributed by atoms with Gasteiger partial charge < -0.3 is 9.64 Å². The Morgan fingerprint density at radius 1 is 1.50 bits per heavy atom. The summed E-state index contributed by atoms with van der Waals surface area (Å²) in [5.41, 5.74) is 1.09. The largest absolute Gasteiger partial charge is 0.384 e. The number of halogens is 1. The molecule has 0 aromatic heterocycles. The quantitative estimate of drug-likeness (QED) is 0.808. The van der Waals surface area contributed by atoms with Crippen molar-refractivity contribution in [2.45, 2.75) is 12.2 Å². The van der Waals surface area contributed by atoms with Gasteiger partial charge in [-0.2, -0.15) is 0 Å². The summed E-state index contributed by atoms with van der Waals surface area (Å²) in [6, 6.07) is 7.78. The van der Waals surface area contributed by atoms with Crippen LogP contribution in [0, 0.1) is 5.92 Å². The first-order valence-corrected chi connectivity index (χ1v) is 8.32. The van der Waals surface area contributed by atoms with E-state index in [2.05, 4.69) is 0 Å². The number of thioether (sulfide) groups is 1. The van der Waals surface area contributed by atoms with Crippen LogP contribution in [-0.4, -0.2) is 43.4 Å². The Hall–Kier alpha value is -0.710. The minimum atomic E-state index is 0.223. The number of nitrogens with zero attached hydrogens (tertiary/aromatic N) is 1. The van der Waals surface area contributed by atoms with Gasteiger partial charge in [0.15, 0.2) is 0 Å². The van der Waals surface area contributed by atoms with Gasteiger partial charge in [0, 0.05) is 36.9 Å². The average Bonchev–Trinajstić information content (AvgIpc) is 2.90. The van der Waals surface area contributed by atoms with Gasteiger partial charge in [-0.25, -0.2) is 0 Å². The van der Waals surface area contributed by atoms with Gasteiger partial charge in [-0.15, -0.1) is 11.8 Å². The number of amides is 1. The van der Waals surface area contributed by atoms with Crippen molar-refractivity contribution < 1.29 is 9.53 Å². The molecular weight excluding hydrogens is 294 g/mol. The van der Waals surface area contributed by atoms with Gasteiger partial charge in [-0.1, -0.05) is 29.8 Å². The Labute approximate surface area is 129 Å². The molecule has 1 fully saturated rings. The average molecular weight is 314 g/mol. The molecule has 0 unspecified atom stereocenters. The molecule has 3 nitrogen and oxygen atoms in total. The van der Waals surface area contributed by atoms with Gasteiger partial charge in [-0.05, 0) is 18.1 Å². The molecule has 1 heterocycles. The summed E-state index contributed by atoms with van der Waals surface area (Å²) >= 11 is 7.72. The van der Waals surface area contributed by atoms with E-state index >= 15 is 0 Å². The SMILES string of the molecule is COC[C@@H]1CCN(C(=O)CSCc2ccccc2Cl)C1. The van der Waals surface area contributed by atoms with Crippen LogP contribution in [0.5, 0.6) is 0 Å². The smallest absolute Gasteiger partial charge is 0.232 e. The van der Waals surface area contributed by atoms with Gasteiger partial charge in [-0.3, -0.25) is 4.79 Å². The van der Waals surface area contributed by atoms with E-state index in [4.69, 9.17) is 16.3 Å². The number of likely N-dealkylation sites (tertiary alicyclic amines) is 1. The van der Waals surface area contributed by atoms with Crippen molar-refractivity contribution in [1.82, 2.24) is 4.90 Å². The lowest BCUT2D eigenvalue weighted by Gasteiger charge is -2.16. The number of carbonyl (C=O) groups excluding carboxylic acids is 1. The Kier molecular flexibility index (Phi) is 6.20. The molecule has 1 atom stereocenters. The predicted octanol–water partition coefficient (Wildman–Crippen LogP) is 3.07. The highest BCUT2D eigenvalue weighted by molar-refractivity contribution is 7.99. The molecule has 5 heteroatoms. The zero-order valence-corrected chi connectivity index (χ0v) is 13.3. The van der Waals surface area contributed by atoms with Crippen molar-refractivity contribution in [2.75, 3.05) is 32.6 Å². The summed E-state index contributed by atoms with van der Waals surface area (Å²) in [6.07, 6.45) is 1.05. The van der Waals surface area contributed by atoms with Gasteiger partial charge in [0.2, 0.25) is 5.91 Å². The lowest BCUT2D eigenvalue weighted by Crippen LogP contribution is -2.30. The van der Waals surface area contributed by atoms with Crippen LogP contribution in [0.2, 0.25) is 5.02 Å². The maximum Gasteiger partial charge on any atom is 0.232 e. The Morgan fingerprint density at radius 2 is 2.30 bits per heavy atom. The van der Waals surface area contributed by atoms with E-state index in [9.17, 15) is 4.79 Å². The molecule has 1 amide bonds. The Balaban J connectivity index is 1.72. The molecule has 0 N–H and O–H groups in total. The third-order valence-corrected chi connectivity index (χ3v) is 4.82. The summed E-state index contributed by atoms with van der Waals surface area (Å²) in [5, 5.41) is 0.772. The van der Waals surface area contributed by atoms with Gasteiger partial charge in [0.05, 0.1) is 12.4 Å². The zero-order chi connectivity index (χ0) is 14.4. The highest BCUT2D eigenvalue weighted by atomic mass is 35.5. The van der Waals surface area contributed by atoms with E-state index < -0.39 is 0 Å². The molecule has 1 saturated heterocycles. The van der Waals surface area contributed by atoms with Crippen LogP contribution >= 0.6 is 23.4 Å². The standard InChI is InChI=1S/C15H20ClNO2S/c1-19-9-12-6-7-17(8-12)15(18)11-20-10-13-4-2-3-5-14(13)16/h2-5,12H,6-11H2,1H3/t12-/m1/s1. The van der Waals surface area contributed by atoms with Crippen molar-refractivity contribution in [3.63, 3.8) is 0 Å². The summed E-state index contributed by atoms with van der Waals surface area (Å²) in [7, 11) is 1.71. The summed E-state index contributed by atoms with van der Waals surface area (Å²) in [5.74, 6) is 2.02. The normalized spacial score (nSPS) is 18.5. The fraction of sp³-hybridized carbons (Fsp3) is 0.533. The van der Waals surface area contributed by atoms with E-state index in [1.54, 1.807) is 18.9 Å². The second-order valence-corrected chi connectivity index (χ2v) is 6.43. The van der Waals surface area contributed by atoms with Crippen molar-refractivity contribution in [3.05, 3.63) is 34.9 Å². The number of rotatable bonds is 6. The maximum atomic E-state index is 12.1. The second kappa shape index (κ2) is 7.91. The molecular formula is C15H20ClNO2S. The Bertz CT molecular complexity index is 455. The van der Waals surface area contributed by atoms with Crippen molar-refractivity contribution in [1.29, 1.82) is 0 Å². The van der Waals surface area contributed by atoms with Crippen LogP contribution in [-0.2, 0) is 15.3 Å². The van der Waals surface area contributed by atoms with Crippen LogP contribution in [0.15, 0.2) is 24.3 Å². The van der Waals surface area contributed by atoms with Crippen LogP contribution in [0.25, 0.3) is 0 Å². The fourth-order valence-electron chi connectivity index (χ4n) is 2.39. The molecule has 1 aromatic rings. The van der Waals surface area contributed by atoms with Gasteiger partial charge >= 0.3 is 0 Å². The Morgan fingerprint density at radius 3 is 3.05 bits per heavy atom. The van der Waals surface area contributed by atoms with Crippen LogP contribution in [0.4, 0.5) is 0 Å². The molecule has 1 aliphatic heterocycles. The highest BCUT2D eigenvalue weighted by Crippen LogP contribution is 2.22. The number of hydrogen-bond acceptors (Lipinski definition) is 3. The van der Waals surface area contributed by atoms with Crippen LogP contribution in [0.1, 0.15) is 12.0 Å². The number of carbonyl (C=O) groups is 1. The molecule has 110 valence electrons. The molecule has 0 aliphatic carbocycles. The number of methoxy groups -OCH3 is 1. The van der Waals surface area contributed by atoms with Crippen molar-refractivity contribution in [2.24, 2.45) is 5.92 Å². The lowest BCUT2D eigenvalue weighted by atomic mass is 10.1. The van der Waals surface area contributed by atoms with E-state index in [1.807, 2.05) is 29.2 Å². The molecule has 1 aromatic carbocycles. The summed E-state index contributed by atoms with van der Waals surface area (Å²) < 4.78 is 5.15. The van der Waals surface area contributed by atoms with E-state index in [1.165, 1.54) is 0 Å². The van der Waals surface area contributed by atoms with E-state index in [0.29, 0.717) is 11.7 Å². The molecule has 0 radical (unpaired) electrons. The van der Waals surface area contributed by atoms with Crippen LogP contribution < -0.4 is 0 Å². The van der Waals surface area contributed by atoms with Crippen molar-refractivity contribution >= 4 is 29.3 Å². The molecule has 0 saturated carbocycles. The van der Waals surface area contributed by atoms with Gasteiger partial charge in [0.1, 0.15) is 0 Å². The molecule has 20 heavy (non-hydrogen) atoms. The first-order chi connectivity index (χ1) is 9.70. The van der Waals surface area contributed by atoms with E-state index in [-0.39, 0.29) is 5.91 Å². The summed E-state index contributed by atoms with van der Waals surface area (Å²) in [4.78, 5) is 14.0. The van der Waals surface area contributed by atoms with E-state index in [0.717, 1.165) is 42.5 Å². The van der Waals surface area contributed by atoms with Crippen LogP contribution in [0.3, 0.4) is 0 Å². The minimum Gasteiger partial charge on any atom is -0.384 e. The maximum absolute atomic E-state index is 12.1. The molecule has 0 bridgehead atoms. The molecule has 2 rings (SSSR count). The zero-order valence-electron chi connectivity index (χ0n) is 11.7. The third kappa shape index (κ3) is 4.40. The lowest BCUT2D eigenvalue weighted by molar-refractivity contribution is -0.127. The number of hydrogen-bond donors (Lipinski definition) is 0. The number of ether oxygens (including phenoxy) is 1. The monoisotopic (exact) mass is 313 g/mol. The van der Waals surface area contributed by atoms with Gasteiger partial charge in [0.25, 0.3) is 0 Å². The molecule has 0 spiro atoms. The first-order valence-electron chi connectivity index (χ1n) is 6.78. The topological polar surface area (TPSA) is 29.5 Å². The summed E-state index contributed by atoms with van der Waals surface area (Å²) in [6.45, 7) is 2.44. The number of benzene rings is 1. The fourth-order valence-corrected chi connectivity index (χ4v) is 3.60. The predicted molar refractivity (Wildman–Crippen MR) is 84.2 cm³/mol. The van der Waals surface area contributed by atoms with Crippen molar-refractivity contribution in [3.8, 4) is 0 Å². The third-order valence-electron chi connectivity index (χ3n) is 3.48. The first kappa shape index (κ1) is 15.7. The minimum absolute atomic E-state index is 0.223. The highest BCUT2D eigenvalue weighted by Gasteiger charge is 2.25.